The first-order valence-corrected chi connectivity index (χ1v) is 5.94. The van der Waals surface area contributed by atoms with E-state index in [2.05, 4.69) is 28.3 Å². The fraction of sp³-hybridized carbons (Fsp3) is 0.286. The first-order valence-electron chi connectivity index (χ1n) is 5.94. The molecule has 4 nitrogen and oxygen atoms in total. The Bertz CT molecular complexity index is 665. The number of hydrogen-bond acceptors (Lipinski definition) is 3. The lowest BCUT2D eigenvalue weighted by molar-refractivity contribution is 0.148. The molecule has 0 radical (unpaired) electrons. The van der Waals surface area contributed by atoms with E-state index in [0.29, 0.717) is 5.65 Å². The summed E-state index contributed by atoms with van der Waals surface area (Å²) in [5.41, 5.74) is 3.15. The predicted octanol–water partition coefficient (Wildman–Crippen LogP) is 2.53. The van der Waals surface area contributed by atoms with Crippen LogP contribution in [0, 0.1) is 0 Å². The summed E-state index contributed by atoms with van der Waals surface area (Å²) >= 11 is 0. The first-order chi connectivity index (χ1) is 8.51. The molecule has 0 amide bonds. The quantitative estimate of drug-likeness (QED) is 0.812. The number of aliphatic hydroxyl groups is 1. The monoisotopic (exact) mass is 241 g/mol. The number of allylic oxidation sites excluding steroid dienone is 2. The molecule has 0 aromatic carbocycles. The average molecular weight is 241 g/mol. The van der Waals surface area contributed by atoms with Gasteiger partial charge in [-0.15, -0.1) is 0 Å². The summed E-state index contributed by atoms with van der Waals surface area (Å²) in [4.78, 5) is 4.44. The van der Waals surface area contributed by atoms with Crippen LogP contribution < -0.4 is 0 Å². The highest BCUT2D eigenvalue weighted by atomic mass is 16.3. The highest BCUT2D eigenvalue weighted by Crippen LogP contribution is 2.46. The van der Waals surface area contributed by atoms with Crippen molar-refractivity contribution in [3.63, 3.8) is 0 Å². The molecule has 2 heterocycles. The van der Waals surface area contributed by atoms with Crippen molar-refractivity contribution >= 4 is 16.6 Å². The maximum Gasteiger partial charge on any atom is 0.181 e. The Balaban J connectivity index is 2.10. The fourth-order valence-corrected chi connectivity index (χ4v) is 2.01. The minimum atomic E-state index is -0.719. The number of pyridine rings is 1. The van der Waals surface area contributed by atoms with Crippen molar-refractivity contribution in [1.29, 1.82) is 0 Å². The second-order valence-corrected chi connectivity index (χ2v) is 4.96. The number of H-pyrrole nitrogens is 1. The highest BCUT2D eigenvalue weighted by Gasteiger charge is 2.45. The summed E-state index contributed by atoms with van der Waals surface area (Å²) in [5.74, 6) is 0. The zero-order valence-electron chi connectivity index (χ0n) is 10.3. The van der Waals surface area contributed by atoms with E-state index in [1.54, 1.807) is 0 Å². The second-order valence-electron chi connectivity index (χ2n) is 4.96. The third-order valence-electron chi connectivity index (χ3n) is 3.43. The molecule has 2 aromatic rings. The number of aromatic nitrogens is 3. The lowest BCUT2D eigenvalue weighted by atomic mass is 10.1. The molecule has 18 heavy (non-hydrogen) atoms. The Hall–Kier alpha value is -1.94. The Labute approximate surface area is 105 Å². The van der Waals surface area contributed by atoms with Gasteiger partial charge in [0.1, 0.15) is 5.60 Å². The normalized spacial score (nSPS) is 16.8. The number of fused-ring (bicyclic) bond motifs is 1. The summed E-state index contributed by atoms with van der Waals surface area (Å²) in [6.07, 6.45) is 1.56. The Morgan fingerprint density at radius 3 is 2.72 bits per heavy atom. The van der Waals surface area contributed by atoms with E-state index < -0.39 is 5.60 Å². The minimum Gasteiger partial charge on any atom is -0.384 e. The van der Waals surface area contributed by atoms with E-state index in [-0.39, 0.29) is 0 Å². The van der Waals surface area contributed by atoms with Crippen LogP contribution in [0.5, 0.6) is 0 Å². The second kappa shape index (κ2) is 3.53. The molecule has 0 bridgehead atoms. The Kier molecular flexibility index (Phi) is 2.19. The van der Waals surface area contributed by atoms with Gasteiger partial charge in [0.15, 0.2) is 5.65 Å². The lowest BCUT2D eigenvalue weighted by Gasteiger charge is -2.06. The van der Waals surface area contributed by atoms with Crippen LogP contribution in [-0.2, 0) is 5.60 Å². The van der Waals surface area contributed by atoms with Gasteiger partial charge in [-0.3, -0.25) is 5.10 Å². The van der Waals surface area contributed by atoms with Gasteiger partial charge in [-0.2, -0.15) is 5.10 Å². The molecule has 0 atom stereocenters. The lowest BCUT2D eigenvalue weighted by Crippen LogP contribution is -2.05. The van der Waals surface area contributed by atoms with Crippen molar-refractivity contribution in [2.24, 2.45) is 0 Å². The highest BCUT2D eigenvalue weighted by molar-refractivity contribution is 5.83. The van der Waals surface area contributed by atoms with Crippen molar-refractivity contribution in [1.82, 2.24) is 15.2 Å². The van der Waals surface area contributed by atoms with E-state index >= 15 is 0 Å². The van der Waals surface area contributed by atoms with Crippen LogP contribution in [0.1, 0.15) is 31.2 Å². The van der Waals surface area contributed by atoms with Gasteiger partial charge in [0.25, 0.3) is 0 Å². The summed E-state index contributed by atoms with van der Waals surface area (Å²) in [7, 11) is 0. The van der Waals surface area contributed by atoms with Crippen LogP contribution in [0.15, 0.2) is 30.9 Å². The third kappa shape index (κ3) is 1.57. The predicted molar refractivity (Wildman–Crippen MR) is 70.9 cm³/mol. The molecule has 0 spiro atoms. The van der Waals surface area contributed by atoms with Crippen LogP contribution >= 0.6 is 0 Å². The molecule has 0 unspecified atom stereocenters. The topological polar surface area (TPSA) is 61.8 Å². The molecule has 0 saturated heterocycles. The SMILES string of the molecule is C=C(C)C(=C)c1ccc2c(C3(O)CC3)[nH]nc2n1. The molecule has 1 aliphatic rings. The Morgan fingerprint density at radius 1 is 1.39 bits per heavy atom. The summed E-state index contributed by atoms with van der Waals surface area (Å²) in [6, 6.07) is 3.82. The van der Waals surface area contributed by atoms with Crippen LogP contribution in [0.4, 0.5) is 0 Å². The van der Waals surface area contributed by atoms with E-state index in [1.165, 1.54) is 0 Å². The summed E-state index contributed by atoms with van der Waals surface area (Å²) in [6.45, 7) is 9.71. The summed E-state index contributed by atoms with van der Waals surface area (Å²) < 4.78 is 0. The van der Waals surface area contributed by atoms with Crippen LogP contribution in [0.3, 0.4) is 0 Å². The number of nitrogens with one attached hydrogen (secondary N) is 1. The molecule has 4 heteroatoms. The van der Waals surface area contributed by atoms with Gasteiger partial charge in [-0.05, 0) is 43.0 Å². The van der Waals surface area contributed by atoms with E-state index in [9.17, 15) is 5.11 Å². The van der Waals surface area contributed by atoms with Gasteiger partial charge in [0.05, 0.1) is 11.4 Å². The van der Waals surface area contributed by atoms with Crippen LogP contribution in [-0.4, -0.2) is 20.3 Å². The average Bonchev–Trinajstić information content (AvgIpc) is 2.94. The molecular weight excluding hydrogens is 226 g/mol. The van der Waals surface area contributed by atoms with Crippen LogP contribution in [0.2, 0.25) is 0 Å². The number of nitrogens with zero attached hydrogens (tertiary/aromatic N) is 2. The molecule has 1 saturated carbocycles. The number of aromatic amines is 1. The van der Waals surface area contributed by atoms with Crippen molar-refractivity contribution in [3.8, 4) is 0 Å². The van der Waals surface area contributed by atoms with Gasteiger partial charge in [0, 0.05) is 5.39 Å². The van der Waals surface area contributed by atoms with Crippen molar-refractivity contribution in [3.05, 3.63) is 42.3 Å². The van der Waals surface area contributed by atoms with E-state index in [1.807, 2.05) is 19.1 Å². The van der Waals surface area contributed by atoms with Gasteiger partial charge in [-0.25, -0.2) is 4.98 Å². The molecule has 0 aliphatic heterocycles. The van der Waals surface area contributed by atoms with Crippen molar-refractivity contribution in [2.75, 3.05) is 0 Å². The fourth-order valence-electron chi connectivity index (χ4n) is 2.01. The zero-order chi connectivity index (χ0) is 12.9. The van der Waals surface area contributed by atoms with Crippen LogP contribution in [0.25, 0.3) is 16.6 Å². The van der Waals surface area contributed by atoms with E-state index in [4.69, 9.17) is 0 Å². The standard InChI is InChI=1S/C14H15N3O/c1-8(2)9(3)11-5-4-10-12(14(18)6-7-14)16-17-13(10)15-11/h4-5,18H,1,3,6-7H2,2H3,(H,15,16,17). The molecule has 1 fully saturated rings. The number of rotatable bonds is 3. The molecule has 3 rings (SSSR count). The molecular formula is C14H15N3O. The molecule has 92 valence electrons. The third-order valence-corrected chi connectivity index (χ3v) is 3.43. The van der Waals surface area contributed by atoms with Gasteiger partial charge >= 0.3 is 0 Å². The molecule has 2 aromatic heterocycles. The molecule has 1 aliphatic carbocycles. The van der Waals surface area contributed by atoms with Crippen molar-refractivity contribution < 1.29 is 5.11 Å². The molecule has 2 N–H and O–H groups in total. The van der Waals surface area contributed by atoms with Gasteiger partial charge in [-0.1, -0.05) is 13.2 Å². The van der Waals surface area contributed by atoms with Gasteiger partial charge < -0.3 is 5.11 Å². The maximum absolute atomic E-state index is 10.1. The first kappa shape index (κ1) is 11.2. The van der Waals surface area contributed by atoms with E-state index in [0.717, 1.165) is 40.8 Å². The van der Waals surface area contributed by atoms with Gasteiger partial charge in [0.2, 0.25) is 0 Å². The zero-order valence-corrected chi connectivity index (χ0v) is 10.3. The van der Waals surface area contributed by atoms with Crippen molar-refractivity contribution in [2.45, 2.75) is 25.4 Å². The Morgan fingerprint density at radius 2 is 2.11 bits per heavy atom. The largest absolute Gasteiger partial charge is 0.384 e. The maximum atomic E-state index is 10.1. The summed E-state index contributed by atoms with van der Waals surface area (Å²) in [5, 5.41) is 18.1. The minimum absolute atomic E-state index is 0.616. The smallest absolute Gasteiger partial charge is 0.181 e. The number of hydrogen-bond donors (Lipinski definition) is 2.